The zero-order valence-corrected chi connectivity index (χ0v) is 14.1. The van der Waals surface area contributed by atoms with Crippen molar-refractivity contribution in [2.75, 3.05) is 17.2 Å². The second-order valence-electron chi connectivity index (χ2n) is 5.15. The molecule has 0 aromatic heterocycles. The van der Waals surface area contributed by atoms with Crippen molar-refractivity contribution in [3.63, 3.8) is 0 Å². The molecule has 0 saturated carbocycles. The van der Waals surface area contributed by atoms with Crippen LogP contribution in [0, 0.1) is 13.8 Å². The van der Waals surface area contributed by atoms with E-state index in [0.29, 0.717) is 28.7 Å². The van der Waals surface area contributed by atoms with Crippen LogP contribution in [0.15, 0.2) is 36.4 Å². The molecule has 0 unspecified atom stereocenters. The van der Waals surface area contributed by atoms with Gasteiger partial charge in [0.05, 0.1) is 0 Å². The van der Waals surface area contributed by atoms with E-state index >= 15 is 0 Å². The lowest BCUT2D eigenvalue weighted by atomic mass is 10.2. The van der Waals surface area contributed by atoms with Gasteiger partial charge >= 0.3 is 0 Å². The minimum atomic E-state index is -0.0642. The van der Waals surface area contributed by atoms with Crippen LogP contribution >= 0.6 is 23.2 Å². The molecule has 2 aromatic carbocycles. The number of carbonyl (C=O) groups is 1. The van der Waals surface area contributed by atoms with Gasteiger partial charge in [-0.2, -0.15) is 0 Å². The average Bonchev–Trinajstić information content (AvgIpc) is 2.47. The topological polar surface area (TPSA) is 41.1 Å². The lowest BCUT2D eigenvalue weighted by Gasteiger charge is -2.09. The Morgan fingerprint density at radius 2 is 1.50 bits per heavy atom. The maximum absolute atomic E-state index is 11.9. The van der Waals surface area contributed by atoms with Crippen LogP contribution in [0.4, 0.5) is 11.4 Å². The van der Waals surface area contributed by atoms with E-state index in [0.717, 1.165) is 16.8 Å². The first-order valence-electron chi connectivity index (χ1n) is 7.02. The Labute approximate surface area is 140 Å². The number of nitrogens with one attached hydrogen (secondary N) is 2. The van der Waals surface area contributed by atoms with Gasteiger partial charge < -0.3 is 10.6 Å². The standard InChI is InChI=1S/C17H18Cl2N2O/c1-11-3-5-13(9-15(11)18)20-8-7-17(22)21-14-6-4-12(2)16(19)10-14/h3-6,9-10,20H,7-8H2,1-2H3,(H,21,22). The summed E-state index contributed by atoms with van der Waals surface area (Å²) in [5.41, 5.74) is 3.62. The fraction of sp³-hybridized carbons (Fsp3) is 0.235. The van der Waals surface area contributed by atoms with Gasteiger partial charge in [0.25, 0.3) is 0 Å². The van der Waals surface area contributed by atoms with Crippen LogP contribution in [0.5, 0.6) is 0 Å². The summed E-state index contributed by atoms with van der Waals surface area (Å²) in [5, 5.41) is 7.36. The molecule has 116 valence electrons. The monoisotopic (exact) mass is 336 g/mol. The number of anilines is 2. The molecular formula is C17H18Cl2N2O. The molecule has 0 aliphatic carbocycles. The van der Waals surface area contributed by atoms with Crippen molar-refractivity contribution >= 4 is 40.5 Å². The average molecular weight is 337 g/mol. The molecule has 0 bridgehead atoms. The van der Waals surface area contributed by atoms with E-state index in [-0.39, 0.29) is 5.91 Å². The summed E-state index contributed by atoms with van der Waals surface area (Å²) in [6.07, 6.45) is 0.358. The number of benzene rings is 2. The number of hydrogen-bond donors (Lipinski definition) is 2. The molecule has 3 nitrogen and oxygen atoms in total. The van der Waals surface area contributed by atoms with Gasteiger partial charge in [-0.15, -0.1) is 0 Å². The van der Waals surface area contributed by atoms with E-state index in [2.05, 4.69) is 10.6 Å². The first kappa shape index (κ1) is 16.7. The van der Waals surface area contributed by atoms with Crippen molar-refractivity contribution in [3.05, 3.63) is 57.6 Å². The van der Waals surface area contributed by atoms with Gasteiger partial charge in [-0.05, 0) is 49.2 Å². The molecule has 5 heteroatoms. The van der Waals surface area contributed by atoms with Crippen molar-refractivity contribution < 1.29 is 4.79 Å². The first-order chi connectivity index (χ1) is 10.5. The number of rotatable bonds is 5. The van der Waals surface area contributed by atoms with Gasteiger partial charge in [0.2, 0.25) is 5.91 Å². The number of halogens is 2. The van der Waals surface area contributed by atoms with Crippen LogP contribution in [0.2, 0.25) is 10.0 Å². The van der Waals surface area contributed by atoms with E-state index < -0.39 is 0 Å². The van der Waals surface area contributed by atoms with Crippen LogP contribution < -0.4 is 10.6 Å². The van der Waals surface area contributed by atoms with E-state index in [9.17, 15) is 4.79 Å². The number of hydrogen-bond acceptors (Lipinski definition) is 2. The molecule has 0 heterocycles. The summed E-state index contributed by atoms with van der Waals surface area (Å²) >= 11 is 12.1. The highest BCUT2D eigenvalue weighted by Gasteiger charge is 2.04. The Hall–Kier alpha value is -1.71. The Morgan fingerprint density at radius 3 is 2.09 bits per heavy atom. The van der Waals surface area contributed by atoms with Crippen molar-refractivity contribution in [2.24, 2.45) is 0 Å². The van der Waals surface area contributed by atoms with Gasteiger partial charge in [0, 0.05) is 34.4 Å². The third-order valence-corrected chi connectivity index (χ3v) is 4.12. The van der Waals surface area contributed by atoms with Crippen LogP contribution in [0.1, 0.15) is 17.5 Å². The Morgan fingerprint density at radius 1 is 0.955 bits per heavy atom. The molecule has 2 N–H and O–H groups in total. The summed E-state index contributed by atoms with van der Waals surface area (Å²) in [4.78, 5) is 11.9. The van der Waals surface area contributed by atoms with Gasteiger partial charge in [0.1, 0.15) is 0 Å². The van der Waals surface area contributed by atoms with Crippen LogP contribution in [-0.2, 0) is 4.79 Å². The smallest absolute Gasteiger partial charge is 0.226 e. The Balaban J connectivity index is 1.82. The summed E-state index contributed by atoms with van der Waals surface area (Å²) < 4.78 is 0. The van der Waals surface area contributed by atoms with E-state index in [4.69, 9.17) is 23.2 Å². The molecule has 0 aliphatic heterocycles. The minimum Gasteiger partial charge on any atom is -0.384 e. The highest BCUT2D eigenvalue weighted by atomic mass is 35.5. The van der Waals surface area contributed by atoms with E-state index in [1.807, 2.05) is 44.2 Å². The number of carbonyl (C=O) groups excluding carboxylic acids is 1. The second-order valence-corrected chi connectivity index (χ2v) is 5.97. The predicted molar refractivity (Wildman–Crippen MR) is 94.1 cm³/mol. The molecule has 0 radical (unpaired) electrons. The van der Waals surface area contributed by atoms with E-state index in [1.165, 1.54) is 0 Å². The highest BCUT2D eigenvalue weighted by molar-refractivity contribution is 6.32. The highest BCUT2D eigenvalue weighted by Crippen LogP contribution is 2.21. The van der Waals surface area contributed by atoms with Crippen molar-refractivity contribution in [1.82, 2.24) is 0 Å². The van der Waals surface area contributed by atoms with Gasteiger partial charge in [-0.3, -0.25) is 4.79 Å². The zero-order chi connectivity index (χ0) is 16.1. The molecule has 0 fully saturated rings. The van der Waals surface area contributed by atoms with Gasteiger partial charge in [-0.25, -0.2) is 0 Å². The van der Waals surface area contributed by atoms with E-state index in [1.54, 1.807) is 6.07 Å². The fourth-order valence-corrected chi connectivity index (χ4v) is 2.28. The molecule has 0 saturated heterocycles. The van der Waals surface area contributed by atoms with Gasteiger partial charge in [-0.1, -0.05) is 35.3 Å². The quantitative estimate of drug-likeness (QED) is 0.801. The minimum absolute atomic E-state index is 0.0642. The third-order valence-electron chi connectivity index (χ3n) is 3.31. The summed E-state index contributed by atoms with van der Waals surface area (Å²) in [5.74, 6) is -0.0642. The summed E-state index contributed by atoms with van der Waals surface area (Å²) in [6.45, 7) is 4.40. The van der Waals surface area contributed by atoms with Crippen LogP contribution in [0.25, 0.3) is 0 Å². The molecule has 0 spiro atoms. The molecule has 2 rings (SSSR count). The molecule has 0 aliphatic rings. The second kappa shape index (κ2) is 7.52. The van der Waals surface area contributed by atoms with Crippen LogP contribution in [0.3, 0.4) is 0 Å². The van der Waals surface area contributed by atoms with Crippen LogP contribution in [-0.4, -0.2) is 12.5 Å². The molecule has 22 heavy (non-hydrogen) atoms. The Bertz CT molecular complexity index is 686. The van der Waals surface area contributed by atoms with Gasteiger partial charge in [0.15, 0.2) is 0 Å². The van der Waals surface area contributed by atoms with Crippen molar-refractivity contribution in [2.45, 2.75) is 20.3 Å². The SMILES string of the molecule is Cc1ccc(NCCC(=O)Nc2ccc(C)c(Cl)c2)cc1Cl. The summed E-state index contributed by atoms with van der Waals surface area (Å²) in [6, 6.07) is 11.2. The summed E-state index contributed by atoms with van der Waals surface area (Å²) in [7, 11) is 0. The maximum Gasteiger partial charge on any atom is 0.226 e. The predicted octanol–water partition coefficient (Wildman–Crippen LogP) is 5.05. The normalized spacial score (nSPS) is 10.4. The molecule has 2 aromatic rings. The largest absolute Gasteiger partial charge is 0.384 e. The third kappa shape index (κ3) is 4.65. The number of aryl methyl sites for hydroxylation is 2. The lowest BCUT2D eigenvalue weighted by Crippen LogP contribution is -2.16. The molecular weight excluding hydrogens is 319 g/mol. The fourth-order valence-electron chi connectivity index (χ4n) is 1.92. The van der Waals surface area contributed by atoms with Crippen molar-refractivity contribution in [3.8, 4) is 0 Å². The first-order valence-corrected chi connectivity index (χ1v) is 7.77. The zero-order valence-electron chi connectivity index (χ0n) is 12.5. The number of amides is 1. The van der Waals surface area contributed by atoms with Crippen molar-refractivity contribution in [1.29, 1.82) is 0 Å². The molecule has 0 atom stereocenters. The molecule has 1 amide bonds. The maximum atomic E-state index is 11.9. The Kier molecular flexibility index (Phi) is 5.69. The lowest BCUT2D eigenvalue weighted by molar-refractivity contribution is -0.115.